The predicted octanol–water partition coefficient (Wildman–Crippen LogP) is 2.81. The van der Waals surface area contributed by atoms with Crippen LogP contribution in [-0.2, 0) is 16.0 Å². The van der Waals surface area contributed by atoms with Crippen molar-refractivity contribution >= 4 is 17.6 Å². The van der Waals surface area contributed by atoms with E-state index in [1.165, 1.54) is 30.7 Å². The highest BCUT2D eigenvalue weighted by molar-refractivity contribution is 5.95. The third kappa shape index (κ3) is 5.41. The smallest absolute Gasteiger partial charge is 0.345 e. The van der Waals surface area contributed by atoms with Gasteiger partial charge in [0, 0.05) is 12.1 Å². The fourth-order valence-corrected chi connectivity index (χ4v) is 2.49. The van der Waals surface area contributed by atoms with Gasteiger partial charge in [0.2, 0.25) is 0 Å². The van der Waals surface area contributed by atoms with E-state index in [9.17, 15) is 19.7 Å². The van der Waals surface area contributed by atoms with Gasteiger partial charge in [-0.3, -0.25) is 14.9 Å². The highest BCUT2D eigenvalue weighted by Crippen LogP contribution is 2.23. The van der Waals surface area contributed by atoms with Crippen LogP contribution in [-0.4, -0.2) is 30.0 Å². The first-order chi connectivity index (χ1) is 12.5. The van der Waals surface area contributed by atoms with Gasteiger partial charge in [0.25, 0.3) is 11.6 Å². The van der Waals surface area contributed by atoms with Gasteiger partial charge in [-0.25, -0.2) is 4.79 Å². The summed E-state index contributed by atoms with van der Waals surface area (Å²) in [4.78, 5) is 34.3. The number of nitro groups is 1. The van der Waals surface area contributed by atoms with E-state index in [1.807, 2.05) is 30.3 Å². The van der Waals surface area contributed by atoms with E-state index in [-0.39, 0.29) is 11.3 Å². The normalized spacial score (nSPS) is 10.2. The summed E-state index contributed by atoms with van der Waals surface area (Å²) in [5.74, 6) is -1.33. The molecule has 7 nitrogen and oxygen atoms in total. The van der Waals surface area contributed by atoms with E-state index in [0.717, 1.165) is 12.8 Å². The lowest BCUT2D eigenvalue weighted by Gasteiger charge is -2.08. The van der Waals surface area contributed by atoms with E-state index < -0.39 is 23.4 Å². The molecule has 136 valence electrons. The summed E-state index contributed by atoms with van der Waals surface area (Å²) in [6.07, 6.45) is 1.59. The molecule has 0 fully saturated rings. The number of amides is 1. The molecule has 0 aliphatic carbocycles. The molecule has 2 aromatic rings. The zero-order valence-corrected chi connectivity index (χ0v) is 14.4. The SMILES string of the molecule is Cc1cccc(C(=O)OCC(=O)NCCCc2ccccc2)c1[N+](=O)[O-]. The molecular formula is C19H20N2O5. The number of nitro benzene ring substituents is 1. The molecular weight excluding hydrogens is 336 g/mol. The van der Waals surface area contributed by atoms with Crippen LogP contribution in [0.1, 0.15) is 27.9 Å². The second-order valence-corrected chi connectivity index (χ2v) is 5.74. The molecule has 2 rings (SSSR count). The van der Waals surface area contributed by atoms with Crippen LogP contribution in [0.2, 0.25) is 0 Å². The lowest BCUT2D eigenvalue weighted by molar-refractivity contribution is -0.385. The maximum Gasteiger partial charge on any atom is 0.345 e. The molecule has 0 saturated heterocycles. The summed E-state index contributed by atoms with van der Waals surface area (Å²) < 4.78 is 4.90. The third-order valence-electron chi connectivity index (χ3n) is 3.78. The number of hydrogen-bond acceptors (Lipinski definition) is 5. The predicted molar refractivity (Wildman–Crippen MR) is 95.9 cm³/mol. The average molecular weight is 356 g/mol. The molecule has 0 bridgehead atoms. The highest BCUT2D eigenvalue weighted by Gasteiger charge is 2.23. The Hall–Kier alpha value is -3.22. The van der Waals surface area contributed by atoms with Crippen LogP contribution in [0.3, 0.4) is 0 Å². The fraction of sp³-hybridized carbons (Fsp3) is 0.263. The van der Waals surface area contributed by atoms with Gasteiger partial charge in [-0.2, -0.15) is 0 Å². The van der Waals surface area contributed by atoms with E-state index in [0.29, 0.717) is 12.1 Å². The van der Waals surface area contributed by atoms with Crippen LogP contribution < -0.4 is 5.32 Å². The number of nitrogens with zero attached hydrogens (tertiary/aromatic N) is 1. The summed E-state index contributed by atoms with van der Waals surface area (Å²) in [5, 5.41) is 13.8. The van der Waals surface area contributed by atoms with E-state index >= 15 is 0 Å². The number of ether oxygens (including phenoxy) is 1. The minimum atomic E-state index is -0.889. The van der Waals surface area contributed by atoms with Crippen molar-refractivity contribution in [2.45, 2.75) is 19.8 Å². The van der Waals surface area contributed by atoms with Crippen molar-refractivity contribution in [3.8, 4) is 0 Å². The van der Waals surface area contributed by atoms with Crippen molar-refractivity contribution < 1.29 is 19.2 Å². The molecule has 7 heteroatoms. The number of para-hydroxylation sites is 1. The molecule has 26 heavy (non-hydrogen) atoms. The number of rotatable bonds is 8. The molecule has 0 atom stereocenters. The van der Waals surface area contributed by atoms with Gasteiger partial charge in [-0.1, -0.05) is 42.5 Å². The van der Waals surface area contributed by atoms with Crippen LogP contribution in [0.15, 0.2) is 48.5 Å². The van der Waals surface area contributed by atoms with Crippen molar-refractivity contribution in [3.05, 3.63) is 75.3 Å². The summed E-state index contributed by atoms with van der Waals surface area (Å²) in [5.41, 5.74) is 1.07. The summed E-state index contributed by atoms with van der Waals surface area (Å²) in [7, 11) is 0. The van der Waals surface area contributed by atoms with Crippen molar-refractivity contribution in [1.29, 1.82) is 0 Å². The largest absolute Gasteiger partial charge is 0.452 e. The maximum absolute atomic E-state index is 12.0. The van der Waals surface area contributed by atoms with Crippen LogP contribution in [0, 0.1) is 17.0 Å². The van der Waals surface area contributed by atoms with Gasteiger partial charge < -0.3 is 10.1 Å². The lowest BCUT2D eigenvalue weighted by atomic mass is 10.1. The summed E-state index contributed by atoms with van der Waals surface area (Å²) in [6.45, 7) is 1.51. The summed E-state index contributed by atoms with van der Waals surface area (Å²) >= 11 is 0. The monoisotopic (exact) mass is 356 g/mol. The zero-order chi connectivity index (χ0) is 18.9. The van der Waals surface area contributed by atoms with Gasteiger partial charge >= 0.3 is 5.97 Å². The quantitative estimate of drug-likeness (QED) is 0.339. The van der Waals surface area contributed by atoms with Crippen molar-refractivity contribution in [2.75, 3.05) is 13.2 Å². The zero-order valence-electron chi connectivity index (χ0n) is 14.4. The number of carbonyl (C=O) groups is 2. The van der Waals surface area contributed by atoms with Crippen LogP contribution in [0.4, 0.5) is 5.69 Å². The highest BCUT2D eigenvalue weighted by atomic mass is 16.6. The van der Waals surface area contributed by atoms with Gasteiger partial charge in [0.05, 0.1) is 4.92 Å². The van der Waals surface area contributed by atoms with Gasteiger partial charge in [0.15, 0.2) is 6.61 Å². The average Bonchev–Trinajstić information content (AvgIpc) is 2.63. The number of nitrogens with one attached hydrogen (secondary N) is 1. The molecule has 0 aromatic heterocycles. The number of aryl methyl sites for hydroxylation is 2. The minimum Gasteiger partial charge on any atom is -0.452 e. The van der Waals surface area contributed by atoms with Crippen molar-refractivity contribution in [1.82, 2.24) is 5.32 Å². The maximum atomic E-state index is 12.0. The Labute approximate surface area is 151 Å². The Morgan fingerprint density at radius 3 is 2.54 bits per heavy atom. The molecule has 0 saturated carbocycles. The third-order valence-corrected chi connectivity index (χ3v) is 3.78. The molecule has 2 aromatic carbocycles. The topological polar surface area (TPSA) is 98.5 Å². The first-order valence-electron chi connectivity index (χ1n) is 8.21. The van der Waals surface area contributed by atoms with Crippen LogP contribution in [0.25, 0.3) is 0 Å². The van der Waals surface area contributed by atoms with Crippen molar-refractivity contribution in [3.63, 3.8) is 0 Å². The Morgan fingerprint density at radius 1 is 1.12 bits per heavy atom. The van der Waals surface area contributed by atoms with Gasteiger partial charge in [-0.15, -0.1) is 0 Å². The Balaban J connectivity index is 1.78. The Kier molecular flexibility index (Phi) is 6.84. The second-order valence-electron chi connectivity index (χ2n) is 5.74. The number of hydrogen-bond donors (Lipinski definition) is 1. The molecule has 0 heterocycles. The first-order valence-corrected chi connectivity index (χ1v) is 8.21. The summed E-state index contributed by atoms with van der Waals surface area (Å²) in [6, 6.07) is 14.3. The van der Waals surface area contributed by atoms with Gasteiger partial charge in [-0.05, 0) is 31.4 Å². The second kappa shape index (κ2) is 9.31. The minimum absolute atomic E-state index is 0.160. The van der Waals surface area contributed by atoms with Crippen LogP contribution in [0.5, 0.6) is 0 Å². The van der Waals surface area contributed by atoms with E-state index in [4.69, 9.17) is 4.74 Å². The number of benzene rings is 2. The Bertz CT molecular complexity index is 790. The molecule has 0 unspecified atom stereocenters. The lowest BCUT2D eigenvalue weighted by Crippen LogP contribution is -2.30. The number of carbonyl (C=O) groups excluding carboxylic acids is 2. The molecule has 1 N–H and O–H groups in total. The molecule has 0 aliphatic rings. The first kappa shape index (κ1) is 19.1. The van der Waals surface area contributed by atoms with E-state index in [1.54, 1.807) is 0 Å². The molecule has 0 radical (unpaired) electrons. The van der Waals surface area contributed by atoms with Gasteiger partial charge in [0.1, 0.15) is 5.56 Å². The Morgan fingerprint density at radius 2 is 1.85 bits per heavy atom. The number of esters is 1. The van der Waals surface area contributed by atoms with Crippen molar-refractivity contribution in [2.24, 2.45) is 0 Å². The fourth-order valence-electron chi connectivity index (χ4n) is 2.49. The standard InChI is InChI=1S/C19H20N2O5/c1-14-7-5-11-16(18(14)21(24)25)19(23)26-13-17(22)20-12-6-10-15-8-3-2-4-9-15/h2-5,7-9,11H,6,10,12-13H2,1H3,(H,20,22). The van der Waals surface area contributed by atoms with E-state index in [2.05, 4.69) is 5.32 Å². The molecule has 1 amide bonds. The van der Waals surface area contributed by atoms with Crippen LogP contribution >= 0.6 is 0 Å². The molecule has 0 spiro atoms. The molecule has 0 aliphatic heterocycles.